The predicted octanol–water partition coefficient (Wildman–Crippen LogP) is 2.76. The van der Waals surface area contributed by atoms with Crippen LogP contribution in [0.25, 0.3) is 0 Å². The van der Waals surface area contributed by atoms with Gasteiger partial charge in [-0.05, 0) is 38.0 Å². The highest BCUT2D eigenvalue weighted by Crippen LogP contribution is 2.28. The monoisotopic (exact) mass is 282 g/mol. The molecule has 1 aromatic rings. The molecule has 0 bridgehead atoms. The summed E-state index contributed by atoms with van der Waals surface area (Å²) in [6.45, 7) is 8.57. The summed E-state index contributed by atoms with van der Waals surface area (Å²) in [4.78, 5) is 2.43. The lowest BCUT2D eigenvalue weighted by Gasteiger charge is -2.41. The molecule has 0 spiro atoms. The minimum Gasteiger partial charge on any atom is -0.376 e. The van der Waals surface area contributed by atoms with Crippen molar-refractivity contribution in [2.45, 2.75) is 39.0 Å². The van der Waals surface area contributed by atoms with E-state index in [0.29, 0.717) is 12.6 Å². The Hall–Kier alpha value is -0.610. The molecule has 3 unspecified atom stereocenters. The van der Waals surface area contributed by atoms with Crippen LogP contribution in [0.1, 0.15) is 31.0 Å². The summed E-state index contributed by atoms with van der Waals surface area (Å²) in [7, 11) is 0. The number of morpholine rings is 1. The van der Waals surface area contributed by atoms with Crippen LogP contribution in [0.2, 0.25) is 5.02 Å². The maximum Gasteiger partial charge on any atom is 0.0675 e. The fourth-order valence-corrected chi connectivity index (χ4v) is 2.83. The summed E-state index contributed by atoms with van der Waals surface area (Å²) in [5, 5.41) is 0.810. The normalized spacial score (nSPS) is 26.4. The van der Waals surface area contributed by atoms with Gasteiger partial charge in [0.15, 0.2) is 0 Å². The number of hydrogen-bond donors (Lipinski definition) is 1. The second kappa shape index (κ2) is 6.23. The van der Waals surface area contributed by atoms with Gasteiger partial charge in [-0.15, -0.1) is 0 Å². The second-order valence-electron chi connectivity index (χ2n) is 5.45. The van der Waals surface area contributed by atoms with E-state index in [1.165, 1.54) is 5.56 Å². The van der Waals surface area contributed by atoms with Crippen LogP contribution in [0.3, 0.4) is 0 Å². The molecule has 3 atom stereocenters. The van der Waals surface area contributed by atoms with Gasteiger partial charge in [0.25, 0.3) is 0 Å². The Morgan fingerprint density at radius 2 is 2.21 bits per heavy atom. The summed E-state index contributed by atoms with van der Waals surface area (Å²) in [6.07, 6.45) is 0.256. The molecule has 1 aliphatic rings. The molecule has 19 heavy (non-hydrogen) atoms. The van der Waals surface area contributed by atoms with E-state index in [0.717, 1.165) is 23.7 Å². The molecule has 106 valence electrons. The summed E-state index contributed by atoms with van der Waals surface area (Å²) in [5.41, 5.74) is 8.30. The number of nitrogens with two attached hydrogens (primary N) is 1. The highest BCUT2D eigenvalue weighted by molar-refractivity contribution is 6.31. The van der Waals surface area contributed by atoms with Gasteiger partial charge in [0.05, 0.1) is 12.7 Å². The fraction of sp³-hybridized carbons (Fsp3) is 0.600. The number of nitrogens with zero attached hydrogens (tertiary/aromatic N) is 1. The van der Waals surface area contributed by atoms with Crippen molar-refractivity contribution in [3.8, 4) is 0 Å². The van der Waals surface area contributed by atoms with Crippen molar-refractivity contribution in [1.82, 2.24) is 4.90 Å². The number of benzene rings is 1. The Labute approximate surface area is 120 Å². The molecule has 0 aliphatic carbocycles. The van der Waals surface area contributed by atoms with E-state index in [9.17, 15) is 0 Å². The maximum absolute atomic E-state index is 6.23. The van der Waals surface area contributed by atoms with E-state index in [1.54, 1.807) is 0 Å². The zero-order valence-electron chi connectivity index (χ0n) is 11.9. The van der Waals surface area contributed by atoms with Crippen molar-refractivity contribution in [1.29, 1.82) is 0 Å². The Morgan fingerprint density at radius 1 is 1.47 bits per heavy atom. The average Bonchev–Trinajstić information content (AvgIpc) is 2.38. The Balaban J connectivity index is 2.25. The fourth-order valence-electron chi connectivity index (χ4n) is 2.64. The molecule has 1 aromatic carbocycles. The van der Waals surface area contributed by atoms with Crippen molar-refractivity contribution in [3.63, 3.8) is 0 Å². The summed E-state index contributed by atoms with van der Waals surface area (Å²) >= 11 is 6.23. The maximum atomic E-state index is 6.23. The zero-order chi connectivity index (χ0) is 14.0. The lowest BCUT2D eigenvalue weighted by molar-refractivity contribution is -0.0653. The summed E-state index contributed by atoms with van der Waals surface area (Å²) in [6, 6.07) is 6.83. The SMILES string of the molecule is Cc1ccc(C(CN)N2CC(C)OCC2C)cc1Cl. The molecule has 2 rings (SSSR count). The van der Waals surface area contributed by atoms with Crippen molar-refractivity contribution in [3.05, 3.63) is 34.3 Å². The molecule has 0 radical (unpaired) electrons. The van der Waals surface area contributed by atoms with E-state index in [-0.39, 0.29) is 12.1 Å². The third-order valence-electron chi connectivity index (χ3n) is 3.86. The largest absolute Gasteiger partial charge is 0.376 e. The van der Waals surface area contributed by atoms with Crippen LogP contribution in [0.15, 0.2) is 18.2 Å². The zero-order valence-corrected chi connectivity index (χ0v) is 12.7. The molecule has 0 aromatic heterocycles. The first-order valence-corrected chi connectivity index (χ1v) is 7.24. The van der Waals surface area contributed by atoms with Crippen LogP contribution in [-0.2, 0) is 4.74 Å². The van der Waals surface area contributed by atoms with Gasteiger partial charge in [-0.1, -0.05) is 23.7 Å². The van der Waals surface area contributed by atoms with E-state index in [2.05, 4.69) is 30.9 Å². The molecule has 1 aliphatic heterocycles. The number of aryl methyl sites for hydroxylation is 1. The minimum absolute atomic E-state index is 0.208. The van der Waals surface area contributed by atoms with Gasteiger partial charge in [-0.25, -0.2) is 0 Å². The molecule has 2 N–H and O–H groups in total. The first-order chi connectivity index (χ1) is 9.02. The van der Waals surface area contributed by atoms with Crippen LogP contribution in [-0.4, -0.2) is 36.7 Å². The average molecular weight is 283 g/mol. The van der Waals surface area contributed by atoms with Gasteiger partial charge in [0.1, 0.15) is 0 Å². The van der Waals surface area contributed by atoms with Crippen LogP contribution in [0.4, 0.5) is 0 Å². The lowest BCUT2D eigenvalue weighted by Crippen LogP contribution is -2.50. The van der Waals surface area contributed by atoms with Gasteiger partial charge in [-0.3, -0.25) is 4.90 Å². The van der Waals surface area contributed by atoms with Crippen molar-refractivity contribution < 1.29 is 4.74 Å². The topological polar surface area (TPSA) is 38.5 Å². The van der Waals surface area contributed by atoms with Crippen LogP contribution >= 0.6 is 11.6 Å². The van der Waals surface area contributed by atoms with Gasteiger partial charge in [0.2, 0.25) is 0 Å². The Bertz CT molecular complexity index is 438. The Morgan fingerprint density at radius 3 is 2.84 bits per heavy atom. The number of halogens is 1. The van der Waals surface area contributed by atoms with E-state index >= 15 is 0 Å². The minimum atomic E-state index is 0.208. The molecule has 1 fully saturated rings. The molecule has 0 amide bonds. The highest BCUT2D eigenvalue weighted by atomic mass is 35.5. The predicted molar refractivity (Wildman–Crippen MR) is 79.6 cm³/mol. The molecule has 1 heterocycles. The molecular formula is C15H23ClN2O. The Kier molecular flexibility index (Phi) is 4.85. The smallest absolute Gasteiger partial charge is 0.0675 e. The lowest BCUT2D eigenvalue weighted by atomic mass is 10.0. The molecular weight excluding hydrogens is 260 g/mol. The third kappa shape index (κ3) is 3.29. The molecule has 3 nitrogen and oxygen atoms in total. The third-order valence-corrected chi connectivity index (χ3v) is 4.27. The second-order valence-corrected chi connectivity index (χ2v) is 5.86. The first kappa shape index (κ1) is 14.8. The summed E-state index contributed by atoms with van der Waals surface area (Å²) < 4.78 is 5.69. The standard InChI is InChI=1S/C15H23ClN2O/c1-10-4-5-13(6-14(10)16)15(7-17)18-8-12(3)19-9-11(18)2/h4-6,11-12,15H,7-9,17H2,1-3H3. The molecule has 0 saturated carbocycles. The number of hydrogen-bond acceptors (Lipinski definition) is 3. The summed E-state index contributed by atoms with van der Waals surface area (Å²) in [5.74, 6) is 0. The molecule has 1 saturated heterocycles. The van der Waals surface area contributed by atoms with Crippen LogP contribution in [0, 0.1) is 6.92 Å². The van der Waals surface area contributed by atoms with Crippen molar-refractivity contribution in [2.24, 2.45) is 5.73 Å². The van der Waals surface area contributed by atoms with E-state index < -0.39 is 0 Å². The van der Waals surface area contributed by atoms with E-state index in [1.807, 2.05) is 13.0 Å². The number of rotatable bonds is 3. The number of ether oxygens (including phenoxy) is 1. The van der Waals surface area contributed by atoms with Gasteiger partial charge in [0, 0.05) is 30.2 Å². The van der Waals surface area contributed by atoms with Crippen molar-refractivity contribution in [2.75, 3.05) is 19.7 Å². The van der Waals surface area contributed by atoms with Gasteiger partial charge < -0.3 is 10.5 Å². The van der Waals surface area contributed by atoms with Gasteiger partial charge in [-0.2, -0.15) is 0 Å². The first-order valence-electron chi connectivity index (χ1n) is 6.86. The van der Waals surface area contributed by atoms with Crippen LogP contribution in [0.5, 0.6) is 0 Å². The van der Waals surface area contributed by atoms with Gasteiger partial charge >= 0.3 is 0 Å². The van der Waals surface area contributed by atoms with Crippen molar-refractivity contribution >= 4 is 11.6 Å². The highest BCUT2D eigenvalue weighted by Gasteiger charge is 2.29. The van der Waals surface area contributed by atoms with E-state index in [4.69, 9.17) is 22.1 Å². The molecule has 4 heteroatoms. The quantitative estimate of drug-likeness (QED) is 0.926. The van der Waals surface area contributed by atoms with Crippen LogP contribution < -0.4 is 5.73 Å².